The summed E-state index contributed by atoms with van der Waals surface area (Å²) in [5.74, 6) is 0.786. The molecule has 1 amide bonds. The number of carbonyl (C=O) groups excluding carboxylic acids is 1. The quantitative estimate of drug-likeness (QED) is 0.689. The summed E-state index contributed by atoms with van der Waals surface area (Å²) in [6, 6.07) is 9.77. The normalized spacial score (nSPS) is 16.5. The van der Waals surface area contributed by atoms with Gasteiger partial charge in [-0.15, -0.1) is 11.3 Å². The van der Waals surface area contributed by atoms with E-state index in [0.29, 0.717) is 11.9 Å². The summed E-state index contributed by atoms with van der Waals surface area (Å²) in [5, 5.41) is 5.54. The first-order valence-corrected chi connectivity index (χ1v) is 10.1. The average Bonchev–Trinajstić information content (AvgIpc) is 3.37. The van der Waals surface area contributed by atoms with Gasteiger partial charge in [-0.3, -0.25) is 14.2 Å². The molecule has 1 unspecified atom stereocenters. The number of benzene rings is 1. The van der Waals surface area contributed by atoms with Crippen LogP contribution in [0.25, 0.3) is 10.2 Å². The smallest absolute Gasteiger partial charge is 0.262 e. The summed E-state index contributed by atoms with van der Waals surface area (Å²) in [6.45, 7) is 1.93. The summed E-state index contributed by atoms with van der Waals surface area (Å²) in [4.78, 5) is 32.0. The van der Waals surface area contributed by atoms with Crippen molar-refractivity contribution < 1.29 is 9.53 Å². The van der Waals surface area contributed by atoms with Gasteiger partial charge < -0.3 is 15.0 Å². The maximum absolute atomic E-state index is 12.4. The van der Waals surface area contributed by atoms with Gasteiger partial charge in [0, 0.05) is 32.1 Å². The van der Waals surface area contributed by atoms with E-state index in [-0.39, 0.29) is 23.9 Å². The third kappa shape index (κ3) is 3.73. The summed E-state index contributed by atoms with van der Waals surface area (Å²) >= 11 is 1.44. The number of aryl methyl sites for hydroxylation is 1. The minimum atomic E-state index is -0.0951. The molecule has 2 aromatic heterocycles. The Balaban J connectivity index is 1.33. The van der Waals surface area contributed by atoms with Gasteiger partial charge in [-0.05, 0) is 30.0 Å². The van der Waals surface area contributed by atoms with Gasteiger partial charge in [0.15, 0.2) is 0 Å². The van der Waals surface area contributed by atoms with E-state index < -0.39 is 0 Å². The number of hydrogen-bond donors (Lipinski definition) is 1. The fourth-order valence-corrected chi connectivity index (χ4v) is 4.29. The van der Waals surface area contributed by atoms with Crippen molar-refractivity contribution in [1.82, 2.24) is 14.9 Å². The highest BCUT2D eigenvalue weighted by Gasteiger charge is 2.25. The van der Waals surface area contributed by atoms with Crippen LogP contribution in [0.15, 0.2) is 46.8 Å². The molecule has 0 aliphatic carbocycles. The predicted molar refractivity (Wildman–Crippen MR) is 110 cm³/mol. The van der Waals surface area contributed by atoms with Crippen LogP contribution in [0.4, 0.5) is 5.69 Å². The molecular formula is C20H22N4O3S. The molecule has 1 aliphatic rings. The Morgan fingerprint density at radius 2 is 2.21 bits per heavy atom. The topological polar surface area (TPSA) is 76.5 Å². The number of ether oxygens (including phenoxy) is 1. The van der Waals surface area contributed by atoms with Crippen molar-refractivity contribution in [3.05, 3.63) is 52.4 Å². The Hall–Kier alpha value is -2.87. The summed E-state index contributed by atoms with van der Waals surface area (Å²) < 4.78 is 6.94. The van der Waals surface area contributed by atoms with Crippen molar-refractivity contribution in [2.75, 3.05) is 25.1 Å². The van der Waals surface area contributed by atoms with Crippen LogP contribution in [0.1, 0.15) is 12.8 Å². The second-order valence-electron chi connectivity index (χ2n) is 6.80. The number of fused-ring (bicyclic) bond motifs is 1. The predicted octanol–water partition coefficient (Wildman–Crippen LogP) is 2.25. The van der Waals surface area contributed by atoms with Crippen LogP contribution >= 0.6 is 11.3 Å². The molecule has 4 rings (SSSR count). The Kier molecular flexibility index (Phi) is 5.29. The zero-order valence-corrected chi connectivity index (χ0v) is 16.4. The highest BCUT2D eigenvalue weighted by molar-refractivity contribution is 7.16. The van der Waals surface area contributed by atoms with Crippen LogP contribution in [0, 0.1) is 0 Å². The number of para-hydroxylation sites is 2. The van der Waals surface area contributed by atoms with E-state index in [4.69, 9.17) is 4.74 Å². The summed E-state index contributed by atoms with van der Waals surface area (Å²) in [6.07, 6.45) is 2.65. The third-order valence-electron chi connectivity index (χ3n) is 5.01. The first-order chi connectivity index (χ1) is 13.7. The molecule has 1 saturated heterocycles. The summed E-state index contributed by atoms with van der Waals surface area (Å²) in [7, 11) is 1.67. The lowest BCUT2D eigenvalue weighted by atomic mass is 10.2. The van der Waals surface area contributed by atoms with Crippen molar-refractivity contribution in [2.24, 2.45) is 0 Å². The average molecular weight is 398 g/mol. The Morgan fingerprint density at radius 3 is 3.07 bits per heavy atom. The van der Waals surface area contributed by atoms with Crippen molar-refractivity contribution in [3.63, 3.8) is 0 Å². The zero-order chi connectivity index (χ0) is 19.5. The van der Waals surface area contributed by atoms with Crippen LogP contribution in [-0.2, 0) is 11.3 Å². The second kappa shape index (κ2) is 8.02. The number of thiophene rings is 1. The first kappa shape index (κ1) is 18.5. The molecule has 7 nitrogen and oxygen atoms in total. The number of hydrogen-bond acceptors (Lipinski definition) is 6. The lowest BCUT2D eigenvalue weighted by Crippen LogP contribution is -2.38. The molecule has 8 heteroatoms. The number of nitrogens with one attached hydrogen (secondary N) is 1. The highest BCUT2D eigenvalue weighted by Crippen LogP contribution is 2.30. The van der Waals surface area contributed by atoms with Crippen molar-refractivity contribution >= 4 is 33.1 Å². The molecule has 28 heavy (non-hydrogen) atoms. The monoisotopic (exact) mass is 398 g/mol. The van der Waals surface area contributed by atoms with Gasteiger partial charge >= 0.3 is 0 Å². The van der Waals surface area contributed by atoms with Crippen molar-refractivity contribution in [3.8, 4) is 5.75 Å². The van der Waals surface area contributed by atoms with E-state index in [1.807, 2.05) is 29.6 Å². The number of methoxy groups -OCH3 is 1. The van der Waals surface area contributed by atoms with Gasteiger partial charge in [0.25, 0.3) is 5.56 Å². The van der Waals surface area contributed by atoms with E-state index in [0.717, 1.165) is 35.8 Å². The molecular weight excluding hydrogens is 376 g/mol. The van der Waals surface area contributed by atoms with Crippen LogP contribution in [0.5, 0.6) is 5.75 Å². The number of carbonyl (C=O) groups is 1. The summed E-state index contributed by atoms with van der Waals surface area (Å²) in [5.41, 5.74) is 0.950. The third-order valence-corrected chi connectivity index (χ3v) is 5.83. The molecule has 1 aliphatic heterocycles. The Labute approximate surface area is 166 Å². The molecule has 1 N–H and O–H groups in total. The molecule has 0 saturated carbocycles. The molecule has 3 heterocycles. The lowest BCUT2D eigenvalue weighted by Gasteiger charge is -2.21. The highest BCUT2D eigenvalue weighted by atomic mass is 32.1. The maximum atomic E-state index is 12.4. The fraction of sp³-hybridized carbons (Fsp3) is 0.350. The van der Waals surface area contributed by atoms with E-state index >= 15 is 0 Å². The van der Waals surface area contributed by atoms with Gasteiger partial charge in [0.2, 0.25) is 5.91 Å². The van der Waals surface area contributed by atoms with E-state index in [2.05, 4.69) is 15.2 Å². The van der Waals surface area contributed by atoms with E-state index in [1.165, 1.54) is 22.2 Å². The maximum Gasteiger partial charge on any atom is 0.262 e. The van der Waals surface area contributed by atoms with E-state index in [9.17, 15) is 9.59 Å². The van der Waals surface area contributed by atoms with Crippen LogP contribution < -0.4 is 20.5 Å². The van der Waals surface area contributed by atoms with Crippen molar-refractivity contribution in [2.45, 2.75) is 25.4 Å². The number of anilines is 1. The molecule has 1 fully saturated rings. The second-order valence-corrected chi connectivity index (χ2v) is 7.70. The van der Waals surface area contributed by atoms with Crippen LogP contribution in [-0.4, -0.2) is 41.7 Å². The van der Waals surface area contributed by atoms with Gasteiger partial charge in [-0.2, -0.15) is 0 Å². The van der Waals surface area contributed by atoms with Crippen LogP contribution in [0.3, 0.4) is 0 Å². The first-order valence-electron chi connectivity index (χ1n) is 9.25. The Morgan fingerprint density at radius 1 is 1.36 bits per heavy atom. The molecule has 1 aromatic carbocycles. The van der Waals surface area contributed by atoms with Gasteiger partial charge in [-0.1, -0.05) is 12.1 Å². The standard InChI is InChI=1S/C20H22N4O3S/c1-27-17-5-3-2-4-16(17)23-9-6-14(12-23)22-18(25)7-10-24-13-21-19-15(20(24)26)8-11-28-19/h2-5,8,11,13-14H,6-7,9-10,12H2,1H3,(H,22,25). The zero-order valence-electron chi connectivity index (χ0n) is 15.6. The minimum absolute atomic E-state index is 0.0517. The molecule has 0 bridgehead atoms. The SMILES string of the molecule is COc1ccccc1N1CCC(NC(=O)CCn2cnc3sccc3c2=O)C1. The number of aromatic nitrogens is 2. The van der Waals surface area contributed by atoms with Gasteiger partial charge in [0.1, 0.15) is 10.6 Å². The minimum Gasteiger partial charge on any atom is -0.495 e. The lowest BCUT2D eigenvalue weighted by molar-refractivity contribution is -0.121. The fourth-order valence-electron chi connectivity index (χ4n) is 3.56. The largest absolute Gasteiger partial charge is 0.495 e. The van der Waals surface area contributed by atoms with Crippen LogP contribution in [0.2, 0.25) is 0 Å². The molecule has 146 valence electrons. The van der Waals surface area contributed by atoms with Crippen molar-refractivity contribution in [1.29, 1.82) is 0 Å². The number of rotatable bonds is 6. The van der Waals surface area contributed by atoms with Gasteiger partial charge in [-0.25, -0.2) is 4.98 Å². The molecule has 3 aromatic rings. The van der Waals surface area contributed by atoms with Gasteiger partial charge in [0.05, 0.1) is 24.5 Å². The molecule has 1 atom stereocenters. The molecule has 0 spiro atoms. The number of nitrogens with zero attached hydrogens (tertiary/aromatic N) is 3. The Bertz CT molecular complexity index is 1050. The molecule has 0 radical (unpaired) electrons. The number of amides is 1. The van der Waals surface area contributed by atoms with E-state index in [1.54, 1.807) is 13.2 Å².